The van der Waals surface area contributed by atoms with Crippen molar-refractivity contribution >= 4 is 21.6 Å². The standard InChI is InChI=1S/C24H20BrFN2O3/c1-29-17-8-10-22(30-2)19(12-17)24-28-21(18-11-15(25)5-9-23(18)31-24)13-20(27-28)14-3-6-16(26)7-4-14/h3-12,21,24H,13H2,1-2H3/t21-,24-/m0/s1. The van der Waals surface area contributed by atoms with Crippen LogP contribution in [0.25, 0.3) is 0 Å². The third-order valence-electron chi connectivity index (χ3n) is 5.63. The van der Waals surface area contributed by atoms with E-state index in [1.807, 2.05) is 35.3 Å². The van der Waals surface area contributed by atoms with Crippen LogP contribution >= 0.6 is 15.9 Å². The van der Waals surface area contributed by atoms with Crippen LogP contribution in [0.3, 0.4) is 0 Å². The van der Waals surface area contributed by atoms with Gasteiger partial charge in [0, 0.05) is 16.5 Å². The fourth-order valence-electron chi connectivity index (χ4n) is 4.11. The van der Waals surface area contributed by atoms with Gasteiger partial charge in [-0.3, -0.25) is 0 Å². The van der Waals surface area contributed by atoms with Gasteiger partial charge in [-0.05, 0) is 54.1 Å². The number of hydrogen-bond donors (Lipinski definition) is 0. The van der Waals surface area contributed by atoms with Crippen LogP contribution in [-0.2, 0) is 0 Å². The highest BCUT2D eigenvalue weighted by molar-refractivity contribution is 9.10. The van der Waals surface area contributed by atoms with Crippen LogP contribution in [0.15, 0.2) is 70.2 Å². The molecule has 0 saturated heterocycles. The van der Waals surface area contributed by atoms with Gasteiger partial charge < -0.3 is 14.2 Å². The van der Waals surface area contributed by atoms with E-state index in [0.29, 0.717) is 17.9 Å². The maximum Gasteiger partial charge on any atom is 0.217 e. The summed E-state index contributed by atoms with van der Waals surface area (Å²) < 4.78 is 31.9. The molecule has 5 nitrogen and oxygen atoms in total. The summed E-state index contributed by atoms with van der Waals surface area (Å²) >= 11 is 3.57. The number of methoxy groups -OCH3 is 2. The molecule has 0 aromatic heterocycles. The van der Waals surface area contributed by atoms with Crippen LogP contribution in [0.4, 0.5) is 4.39 Å². The number of hydrogen-bond acceptors (Lipinski definition) is 5. The first-order valence-electron chi connectivity index (χ1n) is 9.87. The number of ether oxygens (including phenoxy) is 3. The summed E-state index contributed by atoms with van der Waals surface area (Å²) in [6, 6.07) is 18.0. The number of halogens is 2. The van der Waals surface area contributed by atoms with Gasteiger partial charge in [0.2, 0.25) is 6.23 Å². The molecule has 0 unspecified atom stereocenters. The molecule has 3 aromatic carbocycles. The highest BCUT2D eigenvalue weighted by atomic mass is 79.9. The number of rotatable bonds is 4. The monoisotopic (exact) mass is 482 g/mol. The number of fused-ring (bicyclic) bond motifs is 3. The quantitative estimate of drug-likeness (QED) is 0.467. The molecule has 2 aliphatic rings. The van der Waals surface area contributed by atoms with Crippen LogP contribution < -0.4 is 14.2 Å². The van der Waals surface area contributed by atoms with Gasteiger partial charge in [-0.2, -0.15) is 5.10 Å². The minimum Gasteiger partial charge on any atom is -0.497 e. The molecule has 31 heavy (non-hydrogen) atoms. The summed E-state index contributed by atoms with van der Waals surface area (Å²) in [4.78, 5) is 0. The molecule has 0 spiro atoms. The van der Waals surface area contributed by atoms with Crippen LogP contribution in [0.2, 0.25) is 0 Å². The minimum atomic E-state index is -0.498. The van der Waals surface area contributed by atoms with Crippen molar-refractivity contribution in [2.24, 2.45) is 5.10 Å². The van der Waals surface area contributed by atoms with Crippen molar-refractivity contribution in [3.63, 3.8) is 0 Å². The average Bonchev–Trinajstić information content (AvgIpc) is 3.24. The summed E-state index contributed by atoms with van der Waals surface area (Å²) in [5.41, 5.74) is 3.65. The Kier molecular flexibility index (Phi) is 5.06. The maximum atomic E-state index is 13.4. The number of benzene rings is 3. The SMILES string of the molecule is COc1ccc(OC)c([C@@H]2Oc3ccc(Br)cc3[C@@H]3CC(c4ccc(F)cc4)=NN32)c1. The molecule has 0 amide bonds. The second-order valence-corrected chi connectivity index (χ2v) is 8.33. The third-order valence-corrected chi connectivity index (χ3v) is 6.13. The first-order chi connectivity index (χ1) is 15.1. The van der Waals surface area contributed by atoms with Gasteiger partial charge in [-0.15, -0.1) is 0 Å². The first-order valence-corrected chi connectivity index (χ1v) is 10.7. The zero-order valence-corrected chi connectivity index (χ0v) is 18.6. The Morgan fingerprint density at radius 3 is 2.55 bits per heavy atom. The molecular formula is C24H20BrFN2O3. The van der Waals surface area contributed by atoms with Gasteiger partial charge in [-0.25, -0.2) is 9.40 Å². The Labute approximate surface area is 188 Å². The van der Waals surface area contributed by atoms with Crippen molar-refractivity contribution in [2.45, 2.75) is 18.7 Å². The molecule has 0 saturated carbocycles. The van der Waals surface area contributed by atoms with Crippen molar-refractivity contribution in [3.8, 4) is 17.2 Å². The predicted octanol–water partition coefficient (Wildman–Crippen LogP) is 5.85. The Morgan fingerprint density at radius 2 is 1.81 bits per heavy atom. The molecule has 2 atom stereocenters. The van der Waals surface area contributed by atoms with E-state index in [4.69, 9.17) is 19.3 Å². The van der Waals surface area contributed by atoms with Gasteiger partial charge in [0.05, 0.1) is 31.5 Å². The van der Waals surface area contributed by atoms with Crippen LogP contribution in [-0.4, -0.2) is 24.9 Å². The van der Waals surface area contributed by atoms with Gasteiger partial charge in [0.1, 0.15) is 23.1 Å². The molecule has 5 rings (SSSR count). The van der Waals surface area contributed by atoms with Crippen LogP contribution in [0, 0.1) is 5.82 Å². The van der Waals surface area contributed by atoms with Gasteiger partial charge in [0.25, 0.3) is 0 Å². The molecular weight excluding hydrogens is 463 g/mol. The van der Waals surface area contributed by atoms with E-state index in [1.54, 1.807) is 26.4 Å². The maximum absolute atomic E-state index is 13.4. The third kappa shape index (κ3) is 3.53. The van der Waals surface area contributed by atoms with Crippen LogP contribution in [0.1, 0.15) is 35.4 Å². The largest absolute Gasteiger partial charge is 0.497 e. The van der Waals surface area contributed by atoms with Crippen molar-refractivity contribution in [2.75, 3.05) is 14.2 Å². The second kappa shape index (κ2) is 7.89. The lowest BCUT2D eigenvalue weighted by Crippen LogP contribution is -2.34. The van der Waals surface area contributed by atoms with Gasteiger partial charge in [-0.1, -0.05) is 28.1 Å². The van der Waals surface area contributed by atoms with E-state index < -0.39 is 6.23 Å². The van der Waals surface area contributed by atoms with Gasteiger partial charge >= 0.3 is 0 Å². The lowest BCUT2D eigenvalue weighted by Gasteiger charge is -2.38. The fraction of sp³-hybridized carbons (Fsp3) is 0.208. The van der Waals surface area contributed by atoms with E-state index in [2.05, 4.69) is 22.0 Å². The van der Waals surface area contributed by atoms with E-state index in [-0.39, 0.29) is 11.9 Å². The Balaban J connectivity index is 1.63. The van der Waals surface area contributed by atoms with Crippen LogP contribution in [0.5, 0.6) is 17.2 Å². The zero-order chi connectivity index (χ0) is 21.5. The van der Waals surface area contributed by atoms with E-state index in [9.17, 15) is 4.39 Å². The lowest BCUT2D eigenvalue weighted by atomic mass is 9.96. The number of nitrogens with zero attached hydrogens (tertiary/aromatic N) is 2. The normalized spacial score (nSPS) is 19.2. The Hall–Kier alpha value is -3.06. The molecule has 2 heterocycles. The first kappa shape index (κ1) is 19.9. The van der Waals surface area contributed by atoms with Crippen molar-refractivity contribution in [3.05, 3.63) is 87.6 Å². The fourth-order valence-corrected chi connectivity index (χ4v) is 4.49. The van der Waals surface area contributed by atoms with E-state index >= 15 is 0 Å². The summed E-state index contributed by atoms with van der Waals surface area (Å²) in [5.74, 6) is 1.93. The molecule has 7 heteroatoms. The molecule has 158 valence electrons. The smallest absolute Gasteiger partial charge is 0.217 e. The number of hydrazone groups is 1. The van der Waals surface area contributed by atoms with Crippen molar-refractivity contribution in [1.29, 1.82) is 0 Å². The molecule has 2 aliphatic heterocycles. The van der Waals surface area contributed by atoms with E-state index in [1.165, 1.54) is 12.1 Å². The molecule has 0 radical (unpaired) electrons. The highest BCUT2D eigenvalue weighted by Crippen LogP contribution is 2.49. The molecule has 0 aliphatic carbocycles. The second-order valence-electron chi connectivity index (χ2n) is 7.41. The average molecular weight is 483 g/mol. The van der Waals surface area contributed by atoms with Gasteiger partial charge in [0.15, 0.2) is 0 Å². The summed E-state index contributed by atoms with van der Waals surface area (Å²) in [5, 5.41) is 6.88. The lowest BCUT2D eigenvalue weighted by molar-refractivity contribution is -0.0205. The van der Waals surface area contributed by atoms with E-state index in [0.717, 1.165) is 32.6 Å². The predicted molar refractivity (Wildman–Crippen MR) is 119 cm³/mol. The Bertz CT molecular complexity index is 1170. The van der Waals surface area contributed by atoms with Crippen molar-refractivity contribution < 1.29 is 18.6 Å². The zero-order valence-electron chi connectivity index (χ0n) is 17.0. The highest BCUT2D eigenvalue weighted by Gasteiger charge is 2.42. The molecule has 3 aromatic rings. The topological polar surface area (TPSA) is 43.3 Å². The summed E-state index contributed by atoms with van der Waals surface area (Å²) in [6.07, 6.45) is 0.183. The molecule has 0 bridgehead atoms. The Morgan fingerprint density at radius 1 is 1.00 bits per heavy atom. The minimum absolute atomic E-state index is 0.0257. The molecule has 0 N–H and O–H groups in total. The molecule has 0 fully saturated rings. The summed E-state index contributed by atoms with van der Waals surface area (Å²) in [7, 11) is 3.26. The van der Waals surface area contributed by atoms with Crippen molar-refractivity contribution in [1.82, 2.24) is 5.01 Å². The summed E-state index contributed by atoms with van der Waals surface area (Å²) in [6.45, 7) is 0.